The molecule has 0 aromatic heterocycles. The number of rotatable bonds is 6. The highest BCUT2D eigenvalue weighted by atomic mass is 19.3. The number of halogens is 2. The Labute approximate surface area is 114 Å². The zero-order chi connectivity index (χ0) is 15.1. The van der Waals surface area contributed by atoms with Gasteiger partial charge in [-0.1, -0.05) is 12.1 Å². The van der Waals surface area contributed by atoms with Crippen LogP contribution in [0.3, 0.4) is 0 Å². The summed E-state index contributed by atoms with van der Waals surface area (Å²) in [7, 11) is 0. The summed E-state index contributed by atoms with van der Waals surface area (Å²) in [5, 5.41) is 2.48. The van der Waals surface area contributed by atoms with Gasteiger partial charge in [0, 0.05) is 6.54 Å². The van der Waals surface area contributed by atoms with E-state index in [-0.39, 0.29) is 11.3 Å². The molecule has 5 nitrogen and oxygen atoms in total. The summed E-state index contributed by atoms with van der Waals surface area (Å²) in [6.45, 7) is 0.452. The summed E-state index contributed by atoms with van der Waals surface area (Å²) in [5.41, 5.74) is -0.163. The topological polar surface area (TPSA) is 64.6 Å². The molecule has 1 aromatic carbocycles. The van der Waals surface area contributed by atoms with E-state index in [2.05, 4.69) is 10.1 Å². The maximum absolute atomic E-state index is 12.2. The molecule has 0 spiro atoms. The number of nitrogens with one attached hydrogen (secondary N) is 1. The molecule has 0 aliphatic heterocycles. The highest BCUT2D eigenvalue weighted by molar-refractivity contribution is 5.94. The zero-order valence-electron chi connectivity index (χ0n) is 11.1. The number of hydrogen-bond acceptors (Lipinski definition) is 4. The van der Waals surface area contributed by atoms with Crippen molar-refractivity contribution in [2.75, 3.05) is 6.54 Å². The molecule has 0 saturated carbocycles. The maximum atomic E-state index is 12.2. The SMILES string of the molecule is CCNC(=O)[C@@H](C)OC(=O)c1ccccc1OC(F)F. The number of para-hydroxylation sites is 1. The number of esters is 1. The summed E-state index contributed by atoms with van der Waals surface area (Å²) in [6, 6.07) is 5.43. The molecule has 110 valence electrons. The van der Waals surface area contributed by atoms with Gasteiger partial charge in [-0.3, -0.25) is 4.79 Å². The first-order valence-electron chi connectivity index (χ1n) is 5.98. The van der Waals surface area contributed by atoms with Crippen molar-refractivity contribution in [1.82, 2.24) is 5.32 Å². The normalized spacial score (nSPS) is 11.8. The molecule has 1 rings (SSSR count). The molecule has 1 atom stereocenters. The lowest BCUT2D eigenvalue weighted by atomic mass is 10.2. The first kappa shape index (κ1) is 15.9. The number of carbonyl (C=O) groups is 2. The van der Waals surface area contributed by atoms with Crippen molar-refractivity contribution >= 4 is 11.9 Å². The van der Waals surface area contributed by atoms with Crippen molar-refractivity contribution in [2.24, 2.45) is 0 Å². The van der Waals surface area contributed by atoms with Crippen LogP contribution >= 0.6 is 0 Å². The van der Waals surface area contributed by atoms with E-state index >= 15 is 0 Å². The molecular weight excluding hydrogens is 272 g/mol. The van der Waals surface area contributed by atoms with Crippen LogP contribution < -0.4 is 10.1 Å². The lowest BCUT2D eigenvalue weighted by molar-refractivity contribution is -0.129. The van der Waals surface area contributed by atoms with E-state index in [1.807, 2.05) is 0 Å². The number of benzene rings is 1. The number of alkyl halides is 2. The van der Waals surface area contributed by atoms with Crippen LogP contribution in [-0.4, -0.2) is 31.1 Å². The molecule has 1 amide bonds. The van der Waals surface area contributed by atoms with Crippen LogP contribution in [0.2, 0.25) is 0 Å². The van der Waals surface area contributed by atoms with Gasteiger partial charge in [0.1, 0.15) is 11.3 Å². The fraction of sp³-hybridized carbons (Fsp3) is 0.385. The Morgan fingerprint density at radius 2 is 1.95 bits per heavy atom. The number of ether oxygens (including phenoxy) is 2. The van der Waals surface area contributed by atoms with Crippen LogP contribution in [0.1, 0.15) is 24.2 Å². The lowest BCUT2D eigenvalue weighted by Gasteiger charge is -2.14. The van der Waals surface area contributed by atoms with Gasteiger partial charge in [0.2, 0.25) is 0 Å². The zero-order valence-corrected chi connectivity index (χ0v) is 11.1. The molecule has 7 heteroatoms. The van der Waals surface area contributed by atoms with E-state index in [1.54, 1.807) is 6.92 Å². The van der Waals surface area contributed by atoms with Crippen molar-refractivity contribution in [3.63, 3.8) is 0 Å². The Kier molecular flexibility index (Phi) is 5.89. The fourth-order valence-electron chi connectivity index (χ4n) is 1.43. The molecule has 0 aliphatic carbocycles. The van der Waals surface area contributed by atoms with Gasteiger partial charge in [-0.25, -0.2) is 4.79 Å². The van der Waals surface area contributed by atoms with Crippen molar-refractivity contribution in [3.05, 3.63) is 29.8 Å². The van der Waals surface area contributed by atoms with Gasteiger partial charge < -0.3 is 14.8 Å². The van der Waals surface area contributed by atoms with Gasteiger partial charge in [-0.05, 0) is 26.0 Å². The monoisotopic (exact) mass is 287 g/mol. The average Bonchev–Trinajstić information content (AvgIpc) is 2.38. The van der Waals surface area contributed by atoms with Crippen molar-refractivity contribution in [2.45, 2.75) is 26.6 Å². The minimum Gasteiger partial charge on any atom is -0.449 e. The van der Waals surface area contributed by atoms with Crippen molar-refractivity contribution in [3.8, 4) is 5.75 Å². The largest absolute Gasteiger partial charge is 0.449 e. The van der Waals surface area contributed by atoms with Crippen LogP contribution in [0.15, 0.2) is 24.3 Å². The highest BCUT2D eigenvalue weighted by Gasteiger charge is 2.21. The van der Waals surface area contributed by atoms with Gasteiger partial charge >= 0.3 is 12.6 Å². The molecule has 0 aliphatic rings. The van der Waals surface area contributed by atoms with E-state index < -0.39 is 24.6 Å². The van der Waals surface area contributed by atoms with Crippen molar-refractivity contribution in [1.29, 1.82) is 0 Å². The Bertz CT molecular complexity index is 479. The highest BCUT2D eigenvalue weighted by Crippen LogP contribution is 2.21. The van der Waals surface area contributed by atoms with E-state index in [1.165, 1.54) is 31.2 Å². The maximum Gasteiger partial charge on any atom is 0.387 e. The van der Waals surface area contributed by atoms with Crippen LogP contribution in [0.5, 0.6) is 5.75 Å². The molecule has 0 bridgehead atoms. The Morgan fingerprint density at radius 3 is 2.55 bits per heavy atom. The predicted octanol–water partition coefficient (Wildman–Crippen LogP) is 1.97. The Balaban J connectivity index is 2.79. The molecule has 0 fully saturated rings. The smallest absolute Gasteiger partial charge is 0.387 e. The van der Waals surface area contributed by atoms with Crippen LogP contribution in [0.25, 0.3) is 0 Å². The Hall–Kier alpha value is -2.18. The third-order valence-corrected chi connectivity index (χ3v) is 2.33. The molecular formula is C13H15F2NO4. The van der Waals surface area contributed by atoms with Crippen LogP contribution in [-0.2, 0) is 9.53 Å². The first-order valence-corrected chi connectivity index (χ1v) is 5.98. The van der Waals surface area contributed by atoms with Gasteiger partial charge in [-0.15, -0.1) is 0 Å². The minimum atomic E-state index is -3.05. The summed E-state index contributed by atoms with van der Waals surface area (Å²) >= 11 is 0. The number of likely N-dealkylation sites (N-methyl/N-ethyl adjacent to an activating group) is 1. The molecule has 20 heavy (non-hydrogen) atoms. The lowest BCUT2D eigenvalue weighted by Crippen LogP contribution is -2.35. The van der Waals surface area contributed by atoms with E-state index in [9.17, 15) is 18.4 Å². The van der Waals surface area contributed by atoms with E-state index in [0.717, 1.165) is 0 Å². The summed E-state index contributed by atoms with van der Waals surface area (Å²) in [5.74, 6) is -1.66. The van der Waals surface area contributed by atoms with Crippen LogP contribution in [0, 0.1) is 0 Å². The summed E-state index contributed by atoms with van der Waals surface area (Å²) in [6.07, 6.45) is -1.03. The minimum absolute atomic E-state index is 0.163. The third-order valence-electron chi connectivity index (χ3n) is 2.33. The van der Waals surface area contributed by atoms with Gasteiger partial charge in [-0.2, -0.15) is 8.78 Å². The summed E-state index contributed by atoms with van der Waals surface area (Å²) < 4.78 is 33.6. The van der Waals surface area contributed by atoms with Crippen LogP contribution in [0.4, 0.5) is 8.78 Å². The first-order chi connectivity index (χ1) is 9.45. The second-order valence-corrected chi connectivity index (χ2v) is 3.82. The van der Waals surface area contributed by atoms with Gasteiger partial charge in [0.05, 0.1) is 0 Å². The third kappa shape index (κ3) is 4.49. The fourth-order valence-corrected chi connectivity index (χ4v) is 1.43. The second-order valence-electron chi connectivity index (χ2n) is 3.82. The second kappa shape index (κ2) is 7.42. The standard InChI is InChI=1S/C13H15F2NO4/c1-3-16-11(17)8(2)19-12(18)9-6-4-5-7-10(9)20-13(14)15/h4-8,13H,3H2,1-2H3,(H,16,17)/t8-/m1/s1. The van der Waals surface area contributed by atoms with Gasteiger partial charge in [0.25, 0.3) is 5.91 Å². The number of carbonyl (C=O) groups excluding carboxylic acids is 2. The quantitative estimate of drug-likeness (QED) is 0.812. The number of hydrogen-bond donors (Lipinski definition) is 1. The molecule has 0 radical (unpaired) electrons. The number of amides is 1. The molecule has 0 heterocycles. The molecule has 0 unspecified atom stereocenters. The average molecular weight is 287 g/mol. The van der Waals surface area contributed by atoms with E-state index in [4.69, 9.17) is 4.74 Å². The molecule has 1 aromatic rings. The predicted molar refractivity (Wildman–Crippen MR) is 66.6 cm³/mol. The van der Waals surface area contributed by atoms with E-state index in [0.29, 0.717) is 6.54 Å². The van der Waals surface area contributed by atoms with Crippen molar-refractivity contribution < 1.29 is 27.8 Å². The Morgan fingerprint density at radius 1 is 1.30 bits per heavy atom. The summed E-state index contributed by atoms with van der Waals surface area (Å²) in [4.78, 5) is 23.3. The molecule has 1 N–H and O–H groups in total. The van der Waals surface area contributed by atoms with Gasteiger partial charge in [0.15, 0.2) is 6.10 Å². The molecule has 0 saturated heterocycles.